The van der Waals surface area contributed by atoms with Crippen LogP contribution < -0.4 is 5.32 Å². The van der Waals surface area contributed by atoms with Crippen molar-refractivity contribution in [1.29, 1.82) is 0 Å². The van der Waals surface area contributed by atoms with E-state index < -0.39 is 24.4 Å². The highest BCUT2D eigenvalue weighted by molar-refractivity contribution is 5.79. The number of cyclic esters (lactones) is 1. The zero-order chi connectivity index (χ0) is 12.5. The van der Waals surface area contributed by atoms with Crippen LogP contribution in [0.4, 0.5) is 8.78 Å². The van der Waals surface area contributed by atoms with Crippen molar-refractivity contribution in [2.24, 2.45) is 5.92 Å². The summed E-state index contributed by atoms with van der Waals surface area (Å²) in [5, 5.41) is 3.11. The summed E-state index contributed by atoms with van der Waals surface area (Å²) in [6, 6.07) is 0. The van der Waals surface area contributed by atoms with E-state index in [1.165, 1.54) is 0 Å². The average molecular weight is 248 g/mol. The molecule has 0 radical (unpaired) electrons. The lowest BCUT2D eigenvalue weighted by Crippen LogP contribution is -2.32. The molecule has 0 amide bonds. The van der Waals surface area contributed by atoms with E-state index >= 15 is 0 Å². The summed E-state index contributed by atoms with van der Waals surface area (Å²) in [4.78, 5) is 13.0. The van der Waals surface area contributed by atoms with Crippen molar-refractivity contribution in [3.8, 4) is 0 Å². The first-order valence-corrected chi connectivity index (χ1v) is 5.95. The molecule has 2 aliphatic heterocycles. The molecule has 0 bridgehead atoms. The number of rotatable bonds is 4. The highest BCUT2D eigenvalue weighted by atomic mass is 19.3. The second-order valence-corrected chi connectivity index (χ2v) is 5.01. The zero-order valence-electron chi connectivity index (χ0n) is 9.92. The molecule has 2 atom stereocenters. The van der Waals surface area contributed by atoms with Crippen molar-refractivity contribution in [2.75, 3.05) is 33.2 Å². The van der Waals surface area contributed by atoms with Crippen molar-refractivity contribution in [2.45, 2.75) is 24.9 Å². The number of likely N-dealkylation sites (tertiary alicyclic amines) is 1. The topological polar surface area (TPSA) is 41.6 Å². The smallest absolute Gasteiger partial charge is 0.377 e. The molecule has 4 nitrogen and oxygen atoms in total. The number of hydrogen-bond donors (Lipinski definition) is 1. The average Bonchev–Trinajstić information content (AvgIpc) is 2.73. The van der Waals surface area contributed by atoms with Crippen molar-refractivity contribution >= 4 is 5.97 Å². The second kappa shape index (κ2) is 4.86. The van der Waals surface area contributed by atoms with E-state index in [1.807, 2.05) is 0 Å². The number of carbonyl (C=O) groups excluding carboxylic acids is 1. The Morgan fingerprint density at radius 3 is 2.82 bits per heavy atom. The molecule has 2 unspecified atom stereocenters. The largest absolute Gasteiger partial charge is 0.456 e. The van der Waals surface area contributed by atoms with E-state index in [9.17, 15) is 13.6 Å². The maximum absolute atomic E-state index is 12.9. The van der Waals surface area contributed by atoms with Crippen LogP contribution in [0.5, 0.6) is 0 Å². The minimum absolute atomic E-state index is 0.321. The minimum Gasteiger partial charge on any atom is -0.456 e. The number of esters is 1. The number of nitrogens with zero attached hydrogens (tertiary/aromatic N) is 1. The molecule has 2 saturated heterocycles. The molecule has 17 heavy (non-hydrogen) atoms. The summed E-state index contributed by atoms with van der Waals surface area (Å²) in [5.74, 6) is -4.11. The molecule has 2 heterocycles. The Balaban J connectivity index is 1.65. The van der Waals surface area contributed by atoms with E-state index in [1.54, 1.807) is 0 Å². The maximum Gasteiger partial charge on any atom is 0.377 e. The molecule has 2 fully saturated rings. The van der Waals surface area contributed by atoms with E-state index in [-0.39, 0.29) is 0 Å². The van der Waals surface area contributed by atoms with Crippen LogP contribution in [0.1, 0.15) is 12.8 Å². The van der Waals surface area contributed by atoms with E-state index in [4.69, 9.17) is 0 Å². The Labute approximate surface area is 99.3 Å². The lowest BCUT2D eigenvalue weighted by atomic mass is 10.1. The van der Waals surface area contributed by atoms with Crippen LogP contribution >= 0.6 is 0 Å². The summed E-state index contributed by atoms with van der Waals surface area (Å²) >= 11 is 0. The van der Waals surface area contributed by atoms with Gasteiger partial charge in [-0.2, -0.15) is 8.78 Å². The minimum atomic E-state index is -3.29. The van der Waals surface area contributed by atoms with Gasteiger partial charge in [0.1, 0.15) is 6.10 Å². The second-order valence-electron chi connectivity index (χ2n) is 5.01. The van der Waals surface area contributed by atoms with Gasteiger partial charge in [-0.15, -0.1) is 0 Å². The molecule has 2 aliphatic rings. The van der Waals surface area contributed by atoms with Gasteiger partial charge in [0, 0.05) is 13.1 Å². The van der Waals surface area contributed by atoms with Gasteiger partial charge in [0.05, 0.1) is 6.42 Å². The van der Waals surface area contributed by atoms with Gasteiger partial charge in [-0.05, 0) is 32.5 Å². The van der Waals surface area contributed by atoms with Gasteiger partial charge in [-0.1, -0.05) is 0 Å². The van der Waals surface area contributed by atoms with Crippen molar-refractivity contribution in [3.05, 3.63) is 0 Å². The van der Waals surface area contributed by atoms with Crippen LogP contribution in [-0.2, 0) is 9.53 Å². The first-order chi connectivity index (χ1) is 7.97. The fourth-order valence-electron chi connectivity index (χ4n) is 2.40. The van der Waals surface area contributed by atoms with Crippen LogP contribution in [0.25, 0.3) is 0 Å². The predicted molar refractivity (Wildman–Crippen MR) is 57.9 cm³/mol. The zero-order valence-corrected chi connectivity index (χ0v) is 9.92. The molecule has 0 saturated carbocycles. The number of hydrogen-bond acceptors (Lipinski definition) is 4. The molecule has 2 rings (SSSR count). The Morgan fingerprint density at radius 1 is 1.53 bits per heavy atom. The first kappa shape index (κ1) is 12.7. The van der Waals surface area contributed by atoms with Crippen molar-refractivity contribution in [3.63, 3.8) is 0 Å². The van der Waals surface area contributed by atoms with Crippen LogP contribution in [0.15, 0.2) is 0 Å². The highest BCUT2D eigenvalue weighted by Crippen LogP contribution is 2.30. The molecule has 0 spiro atoms. The van der Waals surface area contributed by atoms with E-state index in [0.717, 1.165) is 26.1 Å². The molecule has 1 N–H and O–H groups in total. The summed E-state index contributed by atoms with van der Waals surface area (Å²) in [6.45, 7) is 3.24. The van der Waals surface area contributed by atoms with Crippen LogP contribution in [0.2, 0.25) is 0 Å². The number of carbonyl (C=O) groups is 1. The normalized spacial score (nSPS) is 33.0. The van der Waals surface area contributed by atoms with Gasteiger partial charge >= 0.3 is 11.9 Å². The molecule has 98 valence electrons. The first-order valence-electron chi connectivity index (χ1n) is 5.95. The van der Waals surface area contributed by atoms with Crippen molar-refractivity contribution in [1.82, 2.24) is 10.2 Å². The number of halogens is 2. The molecule has 0 aromatic rings. The fourth-order valence-corrected chi connectivity index (χ4v) is 2.40. The summed E-state index contributed by atoms with van der Waals surface area (Å²) in [7, 11) is 2.07. The molecular formula is C11H18F2N2O2. The van der Waals surface area contributed by atoms with E-state index in [2.05, 4.69) is 22.0 Å². The van der Waals surface area contributed by atoms with Crippen LogP contribution in [-0.4, -0.2) is 56.1 Å². The molecule has 0 aliphatic carbocycles. The lowest BCUT2D eigenvalue weighted by molar-refractivity contribution is -0.159. The summed E-state index contributed by atoms with van der Waals surface area (Å²) in [6.07, 6.45) is -0.0512. The highest BCUT2D eigenvalue weighted by Gasteiger charge is 2.50. The van der Waals surface area contributed by atoms with Gasteiger partial charge in [0.15, 0.2) is 0 Å². The maximum atomic E-state index is 12.9. The van der Waals surface area contributed by atoms with Crippen LogP contribution in [0, 0.1) is 5.92 Å². The van der Waals surface area contributed by atoms with Crippen LogP contribution in [0.3, 0.4) is 0 Å². The quantitative estimate of drug-likeness (QED) is 0.735. The van der Waals surface area contributed by atoms with Crippen molar-refractivity contribution < 1.29 is 18.3 Å². The molecule has 0 aromatic heterocycles. The third-order valence-electron chi connectivity index (χ3n) is 3.35. The van der Waals surface area contributed by atoms with Gasteiger partial charge in [0.25, 0.3) is 0 Å². The van der Waals surface area contributed by atoms with Gasteiger partial charge in [-0.3, -0.25) is 0 Å². The third kappa shape index (κ3) is 3.13. The van der Waals surface area contributed by atoms with E-state index in [0.29, 0.717) is 12.5 Å². The molecular weight excluding hydrogens is 230 g/mol. The third-order valence-corrected chi connectivity index (χ3v) is 3.35. The Bertz CT molecular complexity index is 299. The standard InChI is InChI=1S/C11H18F2N2O2/c1-15-3-2-8(7-15)5-14-6-9-4-11(12,13)10(16)17-9/h8-9,14H,2-7H2,1H3. The number of nitrogens with one attached hydrogen (secondary N) is 1. The number of ether oxygens (including phenoxy) is 1. The molecule has 6 heteroatoms. The Morgan fingerprint density at radius 2 is 2.29 bits per heavy atom. The Kier molecular flexibility index (Phi) is 3.63. The summed E-state index contributed by atoms with van der Waals surface area (Å²) < 4.78 is 30.3. The predicted octanol–water partition coefficient (Wildman–Crippen LogP) is 0.478. The van der Waals surface area contributed by atoms with Gasteiger partial charge < -0.3 is 15.0 Å². The number of alkyl halides is 2. The molecule has 0 aromatic carbocycles. The fraction of sp³-hybridized carbons (Fsp3) is 0.909. The monoisotopic (exact) mass is 248 g/mol. The Hall–Kier alpha value is -0.750. The summed E-state index contributed by atoms with van der Waals surface area (Å²) in [5.41, 5.74) is 0. The van der Waals surface area contributed by atoms with Gasteiger partial charge in [0.2, 0.25) is 0 Å². The SMILES string of the molecule is CN1CCC(CNCC2CC(F)(F)C(=O)O2)C1. The van der Waals surface area contributed by atoms with Gasteiger partial charge in [-0.25, -0.2) is 4.79 Å². The lowest BCUT2D eigenvalue weighted by Gasteiger charge is -2.14.